The molecule has 2 rings (SSSR count). The van der Waals surface area contributed by atoms with Crippen LogP contribution in [0.5, 0.6) is 0 Å². The van der Waals surface area contributed by atoms with Crippen LogP contribution in [0.3, 0.4) is 0 Å². The fourth-order valence-electron chi connectivity index (χ4n) is 2.56. The van der Waals surface area contributed by atoms with Crippen molar-refractivity contribution >= 4 is 22.6 Å². The number of piperidine rings is 2. The van der Waals surface area contributed by atoms with E-state index in [1.807, 2.05) is 0 Å². The standard InChI is InChI=1S/C11H23N3O2S.ClH/c1-10-4-7-13(8-5-10)17(15,16)14-6-2-3-11(12)9-14;/h10-11H,2-9,12H2,1H3;1H/t11-;/m1./s1. The van der Waals surface area contributed by atoms with Crippen LogP contribution in [-0.4, -0.2) is 49.2 Å². The van der Waals surface area contributed by atoms with Crippen LogP contribution in [0.1, 0.15) is 32.6 Å². The Morgan fingerprint density at radius 1 is 1.06 bits per heavy atom. The predicted molar refractivity (Wildman–Crippen MR) is 74.9 cm³/mol. The van der Waals surface area contributed by atoms with E-state index in [2.05, 4.69) is 6.92 Å². The first-order valence-corrected chi connectivity index (χ1v) is 7.90. The zero-order chi connectivity index (χ0) is 12.5. The van der Waals surface area contributed by atoms with Crippen molar-refractivity contribution < 1.29 is 8.42 Å². The maximum atomic E-state index is 12.4. The summed E-state index contributed by atoms with van der Waals surface area (Å²) in [7, 11) is -3.25. The molecule has 0 aromatic rings. The van der Waals surface area contributed by atoms with E-state index in [0.717, 1.165) is 25.7 Å². The minimum absolute atomic E-state index is 0. The van der Waals surface area contributed by atoms with Gasteiger partial charge >= 0.3 is 0 Å². The van der Waals surface area contributed by atoms with Crippen molar-refractivity contribution in [2.75, 3.05) is 26.2 Å². The van der Waals surface area contributed by atoms with Crippen molar-refractivity contribution in [1.29, 1.82) is 0 Å². The van der Waals surface area contributed by atoms with Gasteiger partial charge in [-0.1, -0.05) is 6.92 Å². The molecule has 0 aromatic heterocycles. The molecule has 2 heterocycles. The topological polar surface area (TPSA) is 66.6 Å². The van der Waals surface area contributed by atoms with E-state index in [1.54, 1.807) is 8.61 Å². The minimum Gasteiger partial charge on any atom is -0.327 e. The molecule has 0 unspecified atom stereocenters. The SMILES string of the molecule is CC1CCN(S(=O)(=O)N2CCC[C@@H](N)C2)CC1.Cl. The molecule has 7 heteroatoms. The normalized spacial score (nSPS) is 28.9. The van der Waals surface area contributed by atoms with Crippen LogP contribution in [0.2, 0.25) is 0 Å². The summed E-state index contributed by atoms with van der Waals surface area (Å²) in [6, 6.07) is 0.00207. The lowest BCUT2D eigenvalue weighted by molar-refractivity contribution is 0.246. The fourth-order valence-corrected chi connectivity index (χ4v) is 4.30. The van der Waals surface area contributed by atoms with Crippen LogP contribution in [0, 0.1) is 5.92 Å². The van der Waals surface area contributed by atoms with E-state index in [0.29, 0.717) is 32.1 Å². The molecule has 108 valence electrons. The van der Waals surface area contributed by atoms with Crippen LogP contribution in [0.15, 0.2) is 0 Å². The van der Waals surface area contributed by atoms with E-state index in [9.17, 15) is 8.42 Å². The van der Waals surface area contributed by atoms with Crippen LogP contribution >= 0.6 is 12.4 Å². The zero-order valence-electron chi connectivity index (χ0n) is 10.9. The molecule has 0 bridgehead atoms. The number of nitrogens with zero attached hydrogens (tertiary/aromatic N) is 2. The number of rotatable bonds is 2. The molecule has 0 radical (unpaired) electrons. The molecule has 0 amide bonds. The van der Waals surface area contributed by atoms with E-state index < -0.39 is 10.2 Å². The van der Waals surface area contributed by atoms with Gasteiger partial charge in [-0.15, -0.1) is 12.4 Å². The second kappa shape index (κ2) is 6.52. The Kier molecular flexibility index (Phi) is 5.86. The van der Waals surface area contributed by atoms with E-state index in [4.69, 9.17) is 5.73 Å². The molecule has 2 N–H and O–H groups in total. The third-order valence-corrected chi connectivity index (χ3v) is 5.82. The Labute approximate surface area is 116 Å². The van der Waals surface area contributed by atoms with Crippen LogP contribution in [-0.2, 0) is 10.2 Å². The highest BCUT2D eigenvalue weighted by Crippen LogP contribution is 2.22. The van der Waals surface area contributed by atoms with Crippen molar-refractivity contribution in [1.82, 2.24) is 8.61 Å². The van der Waals surface area contributed by atoms with Gasteiger partial charge in [0.05, 0.1) is 0 Å². The number of hydrogen-bond donors (Lipinski definition) is 1. The number of hydrogen-bond acceptors (Lipinski definition) is 3. The Morgan fingerprint density at radius 3 is 2.22 bits per heavy atom. The van der Waals surface area contributed by atoms with Gasteiger partial charge in [-0.25, -0.2) is 0 Å². The maximum absolute atomic E-state index is 12.4. The van der Waals surface area contributed by atoms with E-state index in [-0.39, 0.29) is 18.4 Å². The van der Waals surface area contributed by atoms with Gasteiger partial charge < -0.3 is 5.73 Å². The first-order valence-electron chi connectivity index (χ1n) is 6.51. The number of nitrogens with two attached hydrogens (primary N) is 1. The Bertz CT molecular complexity index is 355. The summed E-state index contributed by atoms with van der Waals surface area (Å²) in [4.78, 5) is 0. The molecule has 5 nitrogen and oxygen atoms in total. The highest BCUT2D eigenvalue weighted by atomic mass is 35.5. The van der Waals surface area contributed by atoms with Gasteiger partial charge in [0.1, 0.15) is 0 Å². The van der Waals surface area contributed by atoms with Gasteiger partial charge in [0.2, 0.25) is 0 Å². The van der Waals surface area contributed by atoms with Crippen molar-refractivity contribution in [2.24, 2.45) is 11.7 Å². The maximum Gasteiger partial charge on any atom is 0.282 e. The molecule has 2 saturated heterocycles. The summed E-state index contributed by atoms with van der Waals surface area (Å²) in [5.41, 5.74) is 5.85. The van der Waals surface area contributed by atoms with Gasteiger partial charge in [0.15, 0.2) is 0 Å². The van der Waals surface area contributed by atoms with Crippen LogP contribution in [0.25, 0.3) is 0 Å². The Morgan fingerprint density at radius 2 is 1.67 bits per heavy atom. The van der Waals surface area contributed by atoms with Crippen LogP contribution in [0.4, 0.5) is 0 Å². The second-order valence-corrected chi connectivity index (χ2v) is 7.28. The first-order chi connectivity index (χ1) is 8.00. The van der Waals surface area contributed by atoms with E-state index >= 15 is 0 Å². The molecule has 0 aromatic carbocycles. The summed E-state index contributed by atoms with van der Waals surface area (Å²) in [6.07, 6.45) is 3.76. The van der Waals surface area contributed by atoms with Crippen LogP contribution < -0.4 is 5.73 Å². The van der Waals surface area contributed by atoms with E-state index in [1.165, 1.54) is 0 Å². The van der Waals surface area contributed by atoms with Gasteiger partial charge in [-0.05, 0) is 31.6 Å². The smallest absolute Gasteiger partial charge is 0.282 e. The monoisotopic (exact) mass is 297 g/mol. The van der Waals surface area contributed by atoms with Crippen molar-refractivity contribution in [3.63, 3.8) is 0 Å². The van der Waals surface area contributed by atoms with Gasteiger partial charge in [0.25, 0.3) is 10.2 Å². The van der Waals surface area contributed by atoms with Gasteiger partial charge in [-0.3, -0.25) is 0 Å². The lowest BCUT2D eigenvalue weighted by atomic mass is 10.0. The average Bonchev–Trinajstić information content (AvgIpc) is 2.29. The lowest BCUT2D eigenvalue weighted by Crippen LogP contribution is -2.52. The molecule has 2 aliphatic rings. The fraction of sp³-hybridized carbons (Fsp3) is 1.00. The van der Waals surface area contributed by atoms with Crippen molar-refractivity contribution in [2.45, 2.75) is 38.6 Å². The third kappa shape index (κ3) is 3.57. The summed E-state index contributed by atoms with van der Waals surface area (Å²) in [6.45, 7) is 4.61. The summed E-state index contributed by atoms with van der Waals surface area (Å²) < 4.78 is 28.0. The van der Waals surface area contributed by atoms with Gasteiger partial charge in [-0.2, -0.15) is 17.0 Å². The molecule has 2 aliphatic heterocycles. The van der Waals surface area contributed by atoms with Crippen molar-refractivity contribution in [3.8, 4) is 0 Å². The predicted octanol–water partition coefficient (Wildman–Crippen LogP) is 0.808. The third-order valence-electron chi connectivity index (χ3n) is 3.82. The molecule has 2 fully saturated rings. The zero-order valence-corrected chi connectivity index (χ0v) is 12.5. The molecule has 18 heavy (non-hydrogen) atoms. The molecule has 0 spiro atoms. The largest absolute Gasteiger partial charge is 0.327 e. The second-order valence-electron chi connectivity index (χ2n) is 5.35. The minimum atomic E-state index is -3.25. The lowest BCUT2D eigenvalue weighted by Gasteiger charge is -2.36. The van der Waals surface area contributed by atoms with Gasteiger partial charge in [0, 0.05) is 32.2 Å². The molecular formula is C11H24ClN3O2S. The summed E-state index contributed by atoms with van der Waals surface area (Å²) in [5, 5.41) is 0. The molecule has 1 atom stereocenters. The number of halogens is 1. The summed E-state index contributed by atoms with van der Waals surface area (Å²) >= 11 is 0. The Hall–Kier alpha value is 0.120. The molecular weight excluding hydrogens is 274 g/mol. The molecule has 0 saturated carbocycles. The summed E-state index contributed by atoms with van der Waals surface area (Å²) in [5.74, 6) is 0.644. The highest BCUT2D eigenvalue weighted by Gasteiger charge is 2.34. The highest BCUT2D eigenvalue weighted by molar-refractivity contribution is 7.86. The first kappa shape index (κ1) is 16.2. The average molecular weight is 298 g/mol. The Balaban J connectivity index is 0.00000162. The van der Waals surface area contributed by atoms with Crippen molar-refractivity contribution in [3.05, 3.63) is 0 Å². The molecule has 0 aliphatic carbocycles. The quantitative estimate of drug-likeness (QED) is 0.820.